The average Bonchev–Trinajstić information content (AvgIpc) is 1.60. The fourth-order valence-corrected chi connectivity index (χ4v) is 52.7. The van der Waals surface area contributed by atoms with E-state index in [-0.39, 0.29) is 0 Å². The lowest BCUT2D eigenvalue weighted by molar-refractivity contribution is 0.723. The highest BCUT2D eigenvalue weighted by molar-refractivity contribution is 7.80. The maximum atomic E-state index is 5.51. The number of aryl methyl sites for hydroxylation is 1. The van der Waals surface area contributed by atoms with Crippen molar-refractivity contribution in [3.05, 3.63) is 247 Å². The molecule has 113 heavy (non-hydrogen) atoms. The Bertz CT molecular complexity index is 5810. The second-order valence-electron chi connectivity index (χ2n) is 35.0. The maximum absolute atomic E-state index is 5.51. The van der Waals surface area contributed by atoms with Gasteiger partial charge in [-0.1, -0.05) is 334 Å². The summed E-state index contributed by atoms with van der Waals surface area (Å²) in [5, 5.41) is 4.80. The van der Waals surface area contributed by atoms with Crippen LogP contribution in [-0.2, 0) is 6.42 Å². The summed E-state index contributed by atoms with van der Waals surface area (Å²) in [6.45, 7) is 43.1. The number of hydrogen-bond donors (Lipinski definition) is 1. The van der Waals surface area contributed by atoms with Gasteiger partial charge in [-0.25, -0.2) is 0 Å². The standard InChI is InChI=1S/C102H110S8Si3/c1-61(2)111(62(3)4,63(5)6)76-50-79(70-36-24-18-25-37-70)96(80(51-76)71-38-26-19-27-39-71)89-56-85(103)86(104-89)49-48-69(17)113(67(13)14,68(15)16)78-54-83(74-44-32-22-33-45-74)98(84(55-78)75-46-34-23-35-47-75)91-60-95-102(110-91)100-93(106-95)58-88(108-100)87-57-92-99(107-87)101-94(105-92)59-90(109-101)97-81(72-40-28-20-29-41-72)52-77(53-82(97)73-42-30-21-31-43-73)112(64(7)8,65(9)10)66(11)12/h18-20,22-30,32-38,40-47,50-69,71,103H,21,31,39,48-49H2,1-17H3. The van der Waals surface area contributed by atoms with E-state index >= 15 is 0 Å². The SMILES string of the molecule is CC(C)[Si](c1cc(C2=CCCC=C2)c(-c2cc3sc4cc(-c5cc6sc7cc(-c8c(-c9ccccc9)cc([Si](C(C)C)(C(C)C)C(C)CCc9sc(-c%10c(-c%11ccccc%11)cc([Si](C(C)C)(C(C)C)C(C)C)cc%10C%10C=CC=CC%10)cc9S)cc8-c8ccccc8)sc7c6s5)sc4c3s2)c(-c2ccccc2)c1)(C(C)C)C(C)C. The lowest BCUT2D eigenvalue weighted by Crippen LogP contribution is -2.56. The van der Waals surface area contributed by atoms with Crippen LogP contribution in [0.1, 0.15) is 165 Å². The molecule has 7 aromatic carbocycles. The highest BCUT2D eigenvalue weighted by atomic mass is 32.1. The average molecular weight is 1680 g/mol. The van der Waals surface area contributed by atoms with Crippen LogP contribution in [0.15, 0.2) is 235 Å². The smallest absolute Gasteiger partial charge is 0.0945 e. The monoisotopic (exact) mass is 1670 g/mol. The Balaban J connectivity index is 0.766. The van der Waals surface area contributed by atoms with Crippen molar-refractivity contribution in [2.45, 2.75) is 210 Å². The molecule has 0 nitrogen and oxygen atoms in total. The van der Waals surface area contributed by atoms with Gasteiger partial charge in [0, 0.05) is 75.6 Å². The first-order chi connectivity index (χ1) is 54.4. The molecule has 2 unspecified atom stereocenters. The number of rotatable bonds is 25. The molecule has 2 atom stereocenters. The number of thiophene rings is 7. The van der Waals surface area contributed by atoms with Crippen LogP contribution in [0.3, 0.4) is 0 Å². The quantitative estimate of drug-likeness (QED) is 0.0428. The van der Waals surface area contributed by atoms with Crippen molar-refractivity contribution in [3.8, 4) is 85.6 Å². The van der Waals surface area contributed by atoms with E-state index < -0.39 is 24.2 Å². The first-order valence-corrected chi connectivity index (χ1v) is 54.5. The third-order valence-corrected chi connectivity index (χ3v) is 57.3. The van der Waals surface area contributed by atoms with Crippen LogP contribution >= 0.6 is 92.0 Å². The van der Waals surface area contributed by atoms with E-state index in [0.717, 1.165) is 37.0 Å². The largest absolute Gasteiger partial charge is 0.142 e. The molecule has 16 rings (SSSR count). The highest BCUT2D eigenvalue weighted by Crippen LogP contribution is 2.58. The predicted octanol–water partition coefficient (Wildman–Crippen LogP) is 34.0. The number of benzene rings is 7. The van der Waals surface area contributed by atoms with Crippen LogP contribution in [0, 0.1) is 0 Å². The molecule has 0 radical (unpaired) electrons. The Morgan fingerprint density at radius 3 is 1.11 bits per heavy atom. The summed E-state index contributed by atoms with van der Waals surface area (Å²) in [5.74, 6) is 0.294. The van der Waals surface area contributed by atoms with Crippen LogP contribution in [0.4, 0.5) is 0 Å². The number of thiol groups is 1. The minimum Gasteiger partial charge on any atom is -0.142 e. The van der Waals surface area contributed by atoms with Gasteiger partial charge < -0.3 is 0 Å². The molecule has 2 aliphatic carbocycles. The zero-order valence-corrected chi connectivity index (χ0v) is 78.7. The molecule has 0 saturated heterocycles. The summed E-state index contributed by atoms with van der Waals surface area (Å²) in [4.78, 5) is 9.37. The zero-order valence-electron chi connectivity index (χ0n) is 69.1. The van der Waals surface area contributed by atoms with Gasteiger partial charge in [0.05, 0.1) is 43.0 Å². The van der Waals surface area contributed by atoms with E-state index in [1.165, 1.54) is 145 Å². The van der Waals surface area contributed by atoms with Crippen LogP contribution < -0.4 is 15.6 Å². The van der Waals surface area contributed by atoms with Crippen molar-refractivity contribution >= 4 is 175 Å². The molecule has 11 heteroatoms. The van der Waals surface area contributed by atoms with E-state index in [2.05, 4.69) is 348 Å². The third kappa shape index (κ3) is 14.1. The van der Waals surface area contributed by atoms with Crippen LogP contribution in [0.2, 0.25) is 49.9 Å². The number of allylic oxidation sites excluding steroid dienone is 8. The lowest BCUT2D eigenvalue weighted by atomic mass is 9.85. The summed E-state index contributed by atoms with van der Waals surface area (Å²) < 4.78 is 11.3. The second kappa shape index (κ2) is 32.7. The van der Waals surface area contributed by atoms with Crippen molar-refractivity contribution in [1.29, 1.82) is 0 Å². The molecule has 0 saturated carbocycles. The van der Waals surface area contributed by atoms with E-state index in [0.29, 0.717) is 55.8 Å². The molecule has 0 bridgehead atoms. The van der Waals surface area contributed by atoms with E-state index in [1.807, 2.05) is 79.4 Å². The summed E-state index contributed by atoms with van der Waals surface area (Å²) in [5.41, 5.74) is 24.1. The molecular weight excluding hydrogens is 1570 g/mol. The van der Waals surface area contributed by atoms with Gasteiger partial charge in [-0.2, -0.15) is 0 Å². The van der Waals surface area contributed by atoms with Gasteiger partial charge in [0.15, 0.2) is 0 Å². The molecule has 14 aromatic rings. The van der Waals surface area contributed by atoms with E-state index in [4.69, 9.17) is 12.6 Å². The van der Waals surface area contributed by atoms with Crippen LogP contribution in [-0.4, -0.2) is 24.2 Å². The molecule has 0 N–H and O–H groups in total. The Morgan fingerprint density at radius 2 is 0.717 bits per heavy atom. The van der Waals surface area contributed by atoms with Crippen LogP contribution in [0.5, 0.6) is 0 Å². The minimum absolute atomic E-state index is 0.294. The van der Waals surface area contributed by atoms with Crippen molar-refractivity contribution in [2.24, 2.45) is 0 Å². The highest BCUT2D eigenvalue weighted by Gasteiger charge is 2.49. The molecule has 0 fully saturated rings. The molecular formula is C102H110S8Si3. The van der Waals surface area contributed by atoms with Gasteiger partial charge in [0.1, 0.15) is 0 Å². The van der Waals surface area contributed by atoms with Crippen molar-refractivity contribution in [1.82, 2.24) is 0 Å². The Hall–Kier alpha value is -6.56. The van der Waals surface area contributed by atoms with Gasteiger partial charge in [-0.3, -0.25) is 0 Å². The van der Waals surface area contributed by atoms with Crippen molar-refractivity contribution < 1.29 is 0 Å². The van der Waals surface area contributed by atoms with E-state index in [1.54, 1.807) is 15.6 Å². The summed E-state index contributed by atoms with van der Waals surface area (Å²) in [7, 11) is -6.53. The Kier molecular flexibility index (Phi) is 23.2. The first-order valence-electron chi connectivity index (χ1n) is 41.7. The molecule has 0 amide bonds. The van der Waals surface area contributed by atoms with Gasteiger partial charge in [0.2, 0.25) is 0 Å². The molecule has 7 aromatic heterocycles. The molecule has 0 spiro atoms. The number of fused-ring (bicyclic) bond motifs is 6. The fraction of sp³-hybridized carbons (Fsp3) is 0.314. The van der Waals surface area contributed by atoms with Gasteiger partial charge in [-0.15, -0.1) is 92.0 Å². The predicted molar refractivity (Wildman–Crippen MR) is 525 cm³/mol. The Morgan fingerprint density at radius 1 is 0.354 bits per heavy atom. The maximum Gasteiger partial charge on any atom is 0.0945 e. The first kappa shape index (κ1) is 80.2. The molecule has 7 heterocycles. The van der Waals surface area contributed by atoms with E-state index in [9.17, 15) is 0 Å². The summed E-state index contributed by atoms with van der Waals surface area (Å²) in [6.07, 6.45) is 22.0. The Labute approximate surface area is 710 Å². The third-order valence-electron chi connectivity index (χ3n) is 26.6. The minimum atomic E-state index is -2.44. The zero-order chi connectivity index (χ0) is 79.1. The molecule has 2 aliphatic rings. The van der Waals surface area contributed by atoms with Gasteiger partial charge in [-0.05, 0) is 174 Å². The second-order valence-corrected chi connectivity index (χ2v) is 60.5. The molecule has 578 valence electrons. The summed E-state index contributed by atoms with van der Waals surface area (Å²) >= 11 is 19.5. The van der Waals surface area contributed by atoms with Crippen molar-refractivity contribution in [3.63, 3.8) is 0 Å². The van der Waals surface area contributed by atoms with Gasteiger partial charge in [0.25, 0.3) is 0 Å². The van der Waals surface area contributed by atoms with Crippen molar-refractivity contribution in [2.75, 3.05) is 0 Å². The molecule has 0 aliphatic heterocycles. The fourth-order valence-electron chi connectivity index (χ4n) is 22.3. The van der Waals surface area contributed by atoms with Gasteiger partial charge >= 0.3 is 0 Å². The lowest BCUT2D eigenvalue weighted by Gasteiger charge is -2.46. The van der Waals surface area contributed by atoms with Crippen LogP contribution in [0.25, 0.3) is 129 Å². The topological polar surface area (TPSA) is 0 Å². The summed E-state index contributed by atoms with van der Waals surface area (Å²) in [6, 6.07) is 74.3. The number of hydrogen-bond acceptors (Lipinski definition) is 8. The normalized spacial score (nSPS) is 14.9.